The zero-order chi connectivity index (χ0) is 19.8. The molecule has 0 spiro atoms. The average Bonchev–Trinajstić information content (AvgIpc) is 2.96. The number of rotatable bonds is 6. The molecule has 1 fully saturated rings. The number of furan rings is 1. The van der Waals surface area contributed by atoms with Crippen LogP contribution in [0, 0.1) is 12.7 Å². The largest absolute Gasteiger partial charge is 0.480 e. The Balaban J connectivity index is 1.79. The highest BCUT2D eigenvalue weighted by molar-refractivity contribution is 7.89. The van der Waals surface area contributed by atoms with Crippen LogP contribution < -0.4 is 0 Å². The number of carboxylic acid groups (broad SMARTS) is 1. The van der Waals surface area contributed by atoms with Crippen molar-refractivity contribution in [2.45, 2.75) is 37.8 Å². The number of piperidine rings is 1. The number of nitrogens with zero attached hydrogens (tertiary/aromatic N) is 2. The van der Waals surface area contributed by atoms with E-state index in [0.29, 0.717) is 35.9 Å². The molecule has 0 radical (unpaired) electrons. The van der Waals surface area contributed by atoms with Gasteiger partial charge in [0.25, 0.3) is 10.0 Å². The normalized spacial score (nSPS) is 17.0. The van der Waals surface area contributed by atoms with Gasteiger partial charge in [0.2, 0.25) is 5.09 Å². The van der Waals surface area contributed by atoms with Crippen LogP contribution in [0.5, 0.6) is 0 Å². The summed E-state index contributed by atoms with van der Waals surface area (Å²) < 4.78 is 46.4. The van der Waals surface area contributed by atoms with E-state index in [4.69, 9.17) is 9.52 Å². The van der Waals surface area contributed by atoms with E-state index in [9.17, 15) is 17.6 Å². The maximum absolute atomic E-state index is 13.5. The molecule has 1 saturated heterocycles. The third-order valence-corrected chi connectivity index (χ3v) is 7.02. The Bertz CT molecular complexity index is 948. The van der Waals surface area contributed by atoms with Crippen LogP contribution in [0.3, 0.4) is 0 Å². The van der Waals surface area contributed by atoms with Crippen LogP contribution in [0.2, 0.25) is 0 Å². The molecule has 27 heavy (non-hydrogen) atoms. The van der Waals surface area contributed by atoms with Crippen LogP contribution in [-0.2, 0) is 14.8 Å². The van der Waals surface area contributed by atoms with E-state index in [1.54, 1.807) is 6.92 Å². The molecule has 148 valence electrons. The summed E-state index contributed by atoms with van der Waals surface area (Å²) in [5.41, 5.74) is 0.730. The average molecular weight is 398 g/mol. The van der Waals surface area contributed by atoms with Crippen LogP contribution in [0.15, 0.2) is 27.7 Å². The van der Waals surface area contributed by atoms with Gasteiger partial charge in [-0.2, -0.15) is 4.31 Å². The molecule has 1 N–H and O–H groups in total. The first-order chi connectivity index (χ1) is 12.7. The number of aryl methyl sites for hydroxylation is 1. The molecule has 0 atom stereocenters. The monoisotopic (exact) mass is 398 g/mol. The quantitative estimate of drug-likeness (QED) is 0.804. The molecule has 0 bridgehead atoms. The maximum atomic E-state index is 13.5. The Labute approximate surface area is 157 Å². The van der Waals surface area contributed by atoms with E-state index in [2.05, 4.69) is 0 Å². The first kappa shape index (κ1) is 19.8. The standard InChI is InChI=1S/C18H23FN2O5S/c1-3-20(11-17(22)23)14-6-8-21(9-7-14)27(24,25)18-12(2)15-10-13(19)4-5-16(15)26-18/h4-5,10,14H,3,6-9,11H2,1-2H3,(H,22,23). The number of carbonyl (C=O) groups is 1. The first-order valence-corrected chi connectivity index (χ1v) is 10.3. The minimum Gasteiger partial charge on any atom is -0.480 e. The summed E-state index contributed by atoms with van der Waals surface area (Å²) in [4.78, 5) is 12.8. The number of hydrogen-bond donors (Lipinski definition) is 1. The van der Waals surface area contributed by atoms with Crippen molar-refractivity contribution in [3.05, 3.63) is 29.6 Å². The van der Waals surface area contributed by atoms with Gasteiger partial charge in [-0.05, 0) is 44.5 Å². The Hall–Kier alpha value is -1.97. The highest BCUT2D eigenvalue weighted by Crippen LogP contribution is 2.32. The lowest BCUT2D eigenvalue weighted by atomic mass is 10.0. The van der Waals surface area contributed by atoms with E-state index in [-0.39, 0.29) is 30.8 Å². The van der Waals surface area contributed by atoms with Gasteiger partial charge in [0, 0.05) is 30.1 Å². The maximum Gasteiger partial charge on any atom is 0.317 e. The lowest BCUT2D eigenvalue weighted by molar-refractivity contribution is -0.139. The van der Waals surface area contributed by atoms with Gasteiger partial charge in [-0.15, -0.1) is 0 Å². The summed E-state index contributed by atoms with van der Waals surface area (Å²) in [5.74, 6) is -1.34. The van der Waals surface area contributed by atoms with E-state index < -0.39 is 21.8 Å². The number of hydrogen-bond acceptors (Lipinski definition) is 5. The molecule has 1 aliphatic rings. The van der Waals surface area contributed by atoms with Crippen LogP contribution >= 0.6 is 0 Å². The molecule has 7 nitrogen and oxygen atoms in total. The Morgan fingerprint density at radius 1 is 1.37 bits per heavy atom. The number of carboxylic acids is 1. The van der Waals surface area contributed by atoms with Crippen molar-refractivity contribution in [3.63, 3.8) is 0 Å². The number of aliphatic carboxylic acids is 1. The van der Waals surface area contributed by atoms with Crippen molar-refractivity contribution in [1.82, 2.24) is 9.21 Å². The summed E-state index contributed by atoms with van der Waals surface area (Å²) in [6, 6.07) is 3.95. The number of halogens is 1. The zero-order valence-electron chi connectivity index (χ0n) is 15.3. The highest BCUT2D eigenvalue weighted by atomic mass is 32.2. The van der Waals surface area contributed by atoms with Crippen LogP contribution in [0.4, 0.5) is 4.39 Å². The van der Waals surface area contributed by atoms with Crippen molar-refractivity contribution < 1.29 is 27.1 Å². The Morgan fingerprint density at radius 2 is 2.04 bits per heavy atom. The number of likely N-dealkylation sites (N-methyl/N-ethyl adjacent to an activating group) is 1. The second-order valence-corrected chi connectivity index (χ2v) is 8.58. The van der Waals surface area contributed by atoms with Crippen molar-refractivity contribution in [1.29, 1.82) is 0 Å². The molecule has 0 saturated carbocycles. The molecular weight excluding hydrogens is 375 g/mol. The molecule has 9 heteroatoms. The summed E-state index contributed by atoms with van der Waals surface area (Å²) in [6.07, 6.45) is 1.10. The van der Waals surface area contributed by atoms with Gasteiger partial charge in [-0.3, -0.25) is 9.69 Å². The van der Waals surface area contributed by atoms with Gasteiger partial charge in [0.1, 0.15) is 11.4 Å². The number of fused-ring (bicyclic) bond motifs is 1. The second kappa shape index (κ2) is 7.57. The first-order valence-electron chi connectivity index (χ1n) is 8.88. The van der Waals surface area contributed by atoms with E-state index in [1.165, 1.54) is 22.5 Å². The van der Waals surface area contributed by atoms with Crippen molar-refractivity contribution in [2.24, 2.45) is 0 Å². The molecule has 0 amide bonds. The van der Waals surface area contributed by atoms with Gasteiger partial charge in [0.05, 0.1) is 6.54 Å². The third kappa shape index (κ3) is 3.85. The minimum absolute atomic E-state index is 0.0309. The lowest BCUT2D eigenvalue weighted by Gasteiger charge is -2.36. The predicted octanol–water partition coefficient (Wildman–Crippen LogP) is 2.44. The van der Waals surface area contributed by atoms with Gasteiger partial charge in [0.15, 0.2) is 0 Å². The SMILES string of the molecule is CCN(CC(=O)O)C1CCN(S(=O)(=O)c2oc3ccc(F)cc3c2C)CC1. The number of sulfonamides is 1. The fourth-order valence-electron chi connectivity index (χ4n) is 3.65. The third-order valence-electron chi connectivity index (χ3n) is 5.11. The van der Waals surface area contributed by atoms with Crippen molar-refractivity contribution >= 4 is 27.0 Å². The van der Waals surface area contributed by atoms with Crippen LogP contribution in [0.25, 0.3) is 11.0 Å². The predicted molar refractivity (Wildman–Crippen MR) is 97.6 cm³/mol. The smallest absolute Gasteiger partial charge is 0.317 e. The molecule has 2 aromatic rings. The second-order valence-electron chi connectivity index (χ2n) is 6.75. The van der Waals surface area contributed by atoms with E-state index in [0.717, 1.165) is 0 Å². The summed E-state index contributed by atoms with van der Waals surface area (Å²) in [5, 5.41) is 9.30. The minimum atomic E-state index is -3.84. The topological polar surface area (TPSA) is 91.1 Å². The van der Waals surface area contributed by atoms with Crippen molar-refractivity contribution in [3.8, 4) is 0 Å². The molecule has 1 aliphatic heterocycles. The van der Waals surface area contributed by atoms with Gasteiger partial charge < -0.3 is 9.52 Å². The van der Waals surface area contributed by atoms with Crippen molar-refractivity contribution in [2.75, 3.05) is 26.2 Å². The lowest BCUT2D eigenvalue weighted by Crippen LogP contribution is -2.48. The van der Waals surface area contributed by atoms with E-state index >= 15 is 0 Å². The molecule has 3 rings (SSSR count). The molecule has 0 aliphatic carbocycles. The zero-order valence-corrected chi connectivity index (χ0v) is 16.1. The fourth-order valence-corrected chi connectivity index (χ4v) is 5.27. The van der Waals surface area contributed by atoms with Crippen LogP contribution in [-0.4, -0.2) is 60.9 Å². The van der Waals surface area contributed by atoms with Gasteiger partial charge >= 0.3 is 5.97 Å². The fraction of sp³-hybridized carbons (Fsp3) is 0.500. The molecule has 1 aromatic heterocycles. The van der Waals surface area contributed by atoms with Gasteiger partial charge in [-0.1, -0.05) is 6.92 Å². The van der Waals surface area contributed by atoms with E-state index in [1.807, 2.05) is 11.8 Å². The molecule has 2 heterocycles. The summed E-state index contributed by atoms with van der Waals surface area (Å²) in [6.45, 7) is 4.61. The highest BCUT2D eigenvalue weighted by Gasteiger charge is 2.35. The van der Waals surface area contributed by atoms with Crippen LogP contribution in [0.1, 0.15) is 25.3 Å². The summed E-state index contributed by atoms with van der Waals surface area (Å²) in [7, 11) is -3.84. The summed E-state index contributed by atoms with van der Waals surface area (Å²) >= 11 is 0. The van der Waals surface area contributed by atoms with Gasteiger partial charge in [-0.25, -0.2) is 12.8 Å². The molecular formula is C18H23FN2O5S. The Kier molecular flexibility index (Phi) is 5.55. The molecule has 1 aromatic carbocycles. The molecule has 0 unspecified atom stereocenters. The Morgan fingerprint density at radius 3 is 2.63 bits per heavy atom. The number of benzene rings is 1.